The summed E-state index contributed by atoms with van der Waals surface area (Å²) in [7, 11) is 4.24. The van der Waals surface area contributed by atoms with E-state index in [1.54, 1.807) is 6.07 Å². The van der Waals surface area contributed by atoms with Gasteiger partial charge in [-0.25, -0.2) is 9.97 Å². The highest BCUT2D eigenvalue weighted by molar-refractivity contribution is 5.66. The molecule has 31 heavy (non-hydrogen) atoms. The third kappa shape index (κ3) is 4.23. The van der Waals surface area contributed by atoms with E-state index in [0.29, 0.717) is 29.2 Å². The molecule has 5 rings (SSSR count). The van der Waals surface area contributed by atoms with E-state index in [1.807, 2.05) is 24.3 Å². The van der Waals surface area contributed by atoms with Gasteiger partial charge >= 0.3 is 0 Å². The summed E-state index contributed by atoms with van der Waals surface area (Å²) in [4.78, 5) is 14.2. The molecule has 158 valence electrons. The van der Waals surface area contributed by atoms with Gasteiger partial charge in [0.25, 0.3) is 0 Å². The quantitative estimate of drug-likeness (QED) is 0.637. The largest absolute Gasteiger partial charge is 0.355 e. The first kappa shape index (κ1) is 19.5. The van der Waals surface area contributed by atoms with Gasteiger partial charge in [-0.1, -0.05) is 12.1 Å². The van der Waals surface area contributed by atoms with Crippen molar-refractivity contribution in [2.24, 2.45) is 0 Å². The zero-order valence-corrected chi connectivity index (χ0v) is 17.8. The standard InChI is InChI=1S/C23H26N8/c1-30(2)18-8-9-31(14-18)22-12-20(25-21-11-19(28-29-21)16-6-7-16)26-23(27-22)17-5-3-4-15(10-17)13-24/h3-5,10-12,16,18H,6-9,14H2,1-2H3,(H2,25,26,27,28,29)/t18-/m1/s1. The fourth-order valence-corrected chi connectivity index (χ4v) is 4.02. The Bertz CT molecular complexity index is 1120. The number of nitrogens with zero attached hydrogens (tertiary/aromatic N) is 6. The van der Waals surface area contributed by atoms with Crippen molar-refractivity contribution in [1.29, 1.82) is 5.26 Å². The fraction of sp³-hybridized carbons (Fsp3) is 0.391. The third-order valence-electron chi connectivity index (χ3n) is 6.05. The van der Waals surface area contributed by atoms with Crippen LogP contribution in [0.25, 0.3) is 11.4 Å². The Hall–Kier alpha value is -3.44. The number of aromatic amines is 1. The van der Waals surface area contributed by atoms with Gasteiger partial charge < -0.3 is 15.1 Å². The maximum absolute atomic E-state index is 9.29. The summed E-state index contributed by atoms with van der Waals surface area (Å²) in [6.45, 7) is 1.88. The predicted octanol–water partition coefficient (Wildman–Crippen LogP) is 3.50. The number of H-pyrrole nitrogens is 1. The Morgan fingerprint density at radius 2 is 2.00 bits per heavy atom. The molecule has 2 aromatic heterocycles. The summed E-state index contributed by atoms with van der Waals surface area (Å²) in [5.41, 5.74) is 2.59. The van der Waals surface area contributed by atoms with Crippen LogP contribution in [0.3, 0.4) is 0 Å². The summed E-state index contributed by atoms with van der Waals surface area (Å²) in [5.74, 6) is 3.56. The van der Waals surface area contributed by atoms with E-state index in [-0.39, 0.29) is 0 Å². The van der Waals surface area contributed by atoms with Crippen molar-refractivity contribution in [3.63, 3.8) is 0 Å². The molecule has 1 aliphatic carbocycles. The van der Waals surface area contributed by atoms with Crippen molar-refractivity contribution < 1.29 is 0 Å². The lowest BCUT2D eigenvalue weighted by atomic mass is 10.1. The average Bonchev–Trinajstić information content (AvgIpc) is 3.32. The molecular formula is C23H26N8. The molecule has 1 saturated heterocycles. The predicted molar refractivity (Wildman–Crippen MR) is 120 cm³/mol. The minimum atomic E-state index is 0.504. The number of benzene rings is 1. The van der Waals surface area contributed by atoms with Crippen LogP contribution in [0.4, 0.5) is 17.5 Å². The number of rotatable bonds is 6. The lowest BCUT2D eigenvalue weighted by Gasteiger charge is -2.22. The van der Waals surface area contributed by atoms with Crippen LogP contribution in [0.1, 0.15) is 36.4 Å². The van der Waals surface area contributed by atoms with E-state index in [0.717, 1.165) is 36.7 Å². The minimum Gasteiger partial charge on any atom is -0.355 e. The number of hydrogen-bond donors (Lipinski definition) is 2. The zero-order valence-electron chi connectivity index (χ0n) is 17.8. The summed E-state index contributed by atoms with van der Waals surface area (Å²) in [5, 5.41) is 20.2. The highest BCUT2D eigenvalue weighted by Crippen LogP contribution is 2.39. The Labute approximate surface area is 181 Å². The molecule has 8 heteroatoms. The van der Waals surface area contributed by atoms with Crippen molar-refractivity contribution >= 4 is 17.5 Å². The number of nitrogens with one attached hydrogen (secondary N) is 2. The van der Waals surface area contributed by atoms with E-state index in [1.165, 1.54) is 18.5 Å². The first-order valence-electron chi connectivity index (χ1n) is 10.7. The van der Waals surface area contributed by atoms with Crippen LogP contribution < -0.4 is 10.2 Å². The minimum absolute atomic E-state index is 0.504. The zero-order chi connectivity index (χ0) is 21.4. The molecule has 0 amide bonds. The first-order valence-corrected chi connectivity index (χ1v) is 10.7. The van der Waals surface area contributed by atoms with Crippen LogP contribution in [0.5, 0.6) is 0 Å². The third-order valence-corrected chi connectivity index (χ3v) is 6.05. The van der Waals surface area contributed by atoms with Crippen molar-refractivity contribution in [2.75, 3.05) is 37.4 Å². The SMILES string of the molecule is CN(C)[C@@H]1CCN(c2cc(Nc3cc(C4CC4)[nH]n3)nc(-c3cccc(C#N)c3)n2)C1. The molecule has 0 bridgehead atoms. The molecule has 0 radical (unpaired) electrons. The molecule has 8 nitrogen and oxygen atoms in total. The lowest BCUT2D eigenvalue weighted by Crippen LogP contribution is -2.31. The van der Waals surface area contributed by atoms with Crippen molar-refractivity contribution in [2.45, 2.75) is 31.2 Å². The van der Waals surface area contributed by atoms with Gasteiger partial charge in [0.2, 0.25) is 0 Å². The maximum Gasteiger partial charge on any atom is 0.163 e. The molecular weight excluding hydrogens is 388 g/mol. The highest BCUT2D eigenvalue weighted by atomic mass is 15.3. The molecule has 2 aliphatic rings. The van der Waals surface area contributed by atoms with Crippen LogP contribution in [0.2, 0.25) is 0 Å². The van der Waals surface area contributed by atoms with Gasteiger partial charge in [0.15, 0.2) is 11.6 Å². The van der Waals surface area contributed by atoms with Crippen molar-refractivity contribution in [1.82, 2.24) is 25.1 Å². The number of nitriles is 1. The van der Waals surface area contributed by atoms with E-state index >= 15 is 0 Å². The highest BCUT2D eigenvalue weighted by Gasteiger charge is 2.27. The number of likely N-dealkylation sites (N-methyl/N-ethyl adjacent to an activating group) is 1. The Morgan fingerprint density at radius 3 is 2.74 bits per heavy atom. The van der Waals surface area contributed by atoms with E-state index < -0.39 is 0 Å². The second-order valence-corrected chi connectivity index (χ2v) is 8.59. The molecule has 3 heterocycles. The molecule has 1 atom stereocenters. The monoisotopic (exact) mass is 414 g/mol. The van der Waals surface area contributed by atoms with Gasteiger partial charge in [0.1, 0.15) is 11.6 Å². The number of aromatic nitrogens is 4. The van der Waals surface area contributed by atoms with Crippen LogP contribution >= 0.6 is 0 Å². The molecule has 2 N–H and O–H groups in total. The van der Waals surface area contributed by atoms with E-state index in [9.17, 15) is 5.26 Å². The summed E-state index contributed by atoms with van der Waals surface area (Å²) < 4.78 is 0. The maximum atomic E-state index is 9.29. The van der Waals surface area contributed by atoms with Gasteiger partial charge in [-0.15, -0.1) is 0 Å². The first-order chi connectivity index (χ1) is 15.1. The smallest absolute Gasteiger partial charge is 0.163 e. The summed E-state index contributed by atoms with van der Waals surface area (Å²) in [6.07, 6.45) is 3.55. The molecule has 0 spiro atoms. The molecule has 1 saturated carbocycles. The molecule has 1 aliphatic heterocycles. The second-order valence-electron chi connectivity index (χ2n) is 8.59. The topological polar surface area (TPSA) is 96.8 Å². The second kappa shape index (κ2) is 8.00. The number of hydrogen-bond acceptors (Lipinski definition) is 7. The molecule has 1 aromatic carbocycles. The number of anilines is 3. The Kier molecular flexibility index (Phi) is 5.04. The average molecular weight is 415 g/mol. The van der Waals surface area contributed by atoms with Crippen molar-refractivity contribution in [3.05, 3.63) is 47.7 Å². The van der Waals surface area contributed by atoms with Crippen molar-refractivity contribution in [3.8, 4) is 17.5 Å². The van der Waals surface area contributed by atoms with Crippen LogP contribution in [-0.2, 0) is 0 Å². The van der Waals surface area contributed by atoms with E-state index in [4.69, 9.17) is 9.97 Å². The van der Waals surface area contributed by atoms with Gasteiger partial charge in [0.05, 0.1) is 11.6 Å². The lowest BCUT2D eigenvalue weighted by molar-refractivity contribution is 0.315. The Balaban J connectivity index is 1.49. The van der Waals surface area contributed by atoms with Gasteiger partial charge in [0, 0.05) is 48.4 Å². The van der Waals surface area contributed by atoms with Crippen LogP contribution in [-0.4, -0.2) is 58.3 Å². The fourth-order valence-electron chi connectivity index (χ4n) is 4.02. The van der Waals surface area contributed by atoms with Gasteiger partial charge in [-0.05, 0) is 45.5 Å². The van der Waals surface area contributed by atoms with Crippen LogP contribution in [0.15, 0.2) is 36.4 Å². The molecule has 0 unspecified atom stereocenters. The summed E-state index contributed by atoms with van der Waals surface area (Å²) in [6, 6.07) is 14.2. The Morgan fingerprint density at radius 1 is 1.13 bits per heavy atom. The molecule has 2 fully saturated rings. The normalized spacial score (nSPS) is 18.4. The molecule has 3 aromatic rings. The van der Waals surface area contributed by atoms with Crippen LogP contribution in [0, 0.1) is 11.3 Å². The summed E-state index contributed by atoms with van der Waals surface area (Å²) >= 11 is 0. The van der Waals surface area contributed by atoms with Gasteiger partial charge in [-0.3, -0.25) is 5.10 Å². The van der Waals surface area contributed by atoms with E-state index in [2.05, 4.69) is 51.5 Å². The van der Waals surface area contributed by atoms with Gasteiger partial charge in [-0.2, -0.15) is 10.4 Å².